The number of hydrogen-bond acceptors (Lipinski definition) is 4. The van der Waals surface area contributed by atoms with Gasteiger partial charge < -0.3 is 0 Å². The Morgan fingerprint density at radius 2 is 1.05 bits per heavy atom. The lowest BCUT2D eigenvalue weighted by Gasteiger charge is -2.15. The fraction of sp³-hybridized carbons (Fsp3) is 0.0263. The molecule has 3 heterocycles. The highest BCUT2D eigenvalue weighted by Gasteiger charge is 2.22. The second kappa shape index (κ2) is 8.90. The van der Waals surface area contributed by atoms with Crippen LogP contribution < -0.4 is 0 Å². The lowest BCUT2D eigenvalue weighted by Crippen LogP contribution is -1.99. The molecule has 0 aliphatic rings. The number of aryl methyl sites for hydroxylation is 1. The number of hydrogen-bond donors (Lipinski definition) is 0. The summed E-state index contributed by atoms with van der Waals surface area (Å²) in [5.74, 6) is 0.644. The van der Waals surface area contributed by atoms with E-state index in [0.717, 1.165) is 44.1 Å². The lowest BCUT2D eigenvalue weighted by atomic mass is 9.93. The van der Waals surface area contributed by atoms with E-state index in [4.69, 9.17) is 15.0 Å². The van der Waals surface area contributed by atoms with Gasteiger partial charge in [-0.15, -0.1) is 11.3 Å². The third-order valence-electron chi connectivity index (χ3n) is 8.32. The molecule has 9 aromatic rings. The van der Waals surface area contributed by atoms with Crippen molar-refractivity contribution in [2.24, 2.45) is 0 Å². The fourth-order valence-electron chi connectivity index (χ4n) is 6.39. The van der Waals surface area contributed by atoms with Gasteiger partial charge in [0.15, 0.2) is 5.82 Å². The molecule has 0 atom stereocenters. The summed E-state index contributed by atoms with van der Waals surface area (Å²) in [6.45, 7) is 2.11. The first kappa shape index (κ1) is 23.5. The number of fused-ring (bicyclic) bond motifs is 11. The van der Waals surface area contributed by atoms with E-state index in [1.807, 2.05) is 17.4 Å². The van der Waals surface area contributed by atoms with E-state index in [2.05, 4.69) is 122 Å². The Hall–Kier alpha value is -5.19. The molecule has 42 heavy (non-hydrogen) atoms. The van der Waals surface area contributed by atoms with Gasteiger partial charge in [0, 0.05) is 47.3 Å². The van der Waals surface area contributed by atoms with Crippen molar-refractivity contribution in [2.45, 2.75) is 6.92 Å². The molecule has 0 saturated carbocycles. The highest BCUT2D eigenvalue weighted by Crippen LogP contribution is 2.48. The maximum atomic E-state index is 5.32. The van der Waals surface area contributed by atoms with Crippen molar-refractivity contribution in [1.29, 1.82) is 0 Å². The van der Waals surface area contributed by atoms with Crippen LogP contribution in [0.1, 0.15) is 5.56 Å². The second-order valence-electron chi connectivity index (χ2n) is 10.9. The van der Waals surface area contributed by atoms with Crippen LogP contribution >= 0.6 is 11.3 Å². The zero-order chi connectivity index (χ0) is 27.8. The molecule has 4 heteroatoms. The number of aromatic nitrogens is 3. The van der Waals surface area contributed by atoms with Crippen molar-refractivity contribution >= 4 is 74.9 Å². The van der Waals surface area contributed by atoms with Gasteiger partial charge >= 0.3 is 0 Å². The lowest BCUT2D eigenvalue weighted by molar-refractivity contribution is 1.20. The largest absolute Gasteiger partial charge is 0.244 e. The molecule has 0 bridgehead atoms. The Bertz CT molecular complexity index is 2530. The first-order valence-electron chi connectivity index (χ1n) is 14.1. The molecule has 0 saturated heterocycles. The van der Waals surface area contributed by atoms with E-state index in [-0.39, 0.29) is 0 Å². The summed E-state index contributed by atoms with van der Waals surface area (Å²) in [5, 5.41) is 9.51. The molecule has 3 aromatic heterocycles. The van der Waals surface area contributed by atoms with Crippen LogP contribution in [0, 0.1) is 6.92 Å². The van der Waals surface area contributed by atoms with Crippen LogP contribution in [0.2, 0.25) is 0 Å². The van der Waals surface area contributed by atoms with Crippen LogP contribution in [0.3, 0.4) is 0 Å². The molecule has 0 aliphatic carbocycles. The third kappa shape index (κ3) is 3.36. The van der Waals surface area contributed by atoms with Crippen molar-refractivity contribution in [3.63, 3.8) is 0 Å². The van der Waals surface area contributed by atoms with E-state index in [0.29, 0.717) is 5.82 Å². The fourth-order valence-corrected chi connectivity index (χ4v) is 7.68. The predicted octanol–water partition coefficient (Wildman–Crippen LogP) is 10.5. The summed E-state index contributed by atoms with van der Waals surface area (Å²) >= 11 is 1.86. The summed E-state index contributed by atoms with van der Waals surface area (Å²) in [7, 11) is 0. The van der Waals surface area contributed by atoms with E-state index in [1.165, 1.54) is 41.9 Å². The minimum absolute atomic E-state index is 0.644. The highest BCUT2D eigenvalue weighted by atomic mass is 32.1. The molecule has 196 valence electrons. The number of rotatable bonds is 2. The molecule has 0 aliphatic heterocycles. The minimum Gasteiger partial charge on any atom is -0.244 e. The summed E-state index contributed by atoms with van der Waals surface area (Å²) in [6.07, 6.45) is 0. The molecule has 9 rings (SSSR count). The number of nitrogens with zero attached hydrogens (tertiary/aromatic N) is 3. The van der Waals surface area contributed by atoms with Gasteiger partial charge in [0.25, 0.3) is 0 Å². The van der Waals surface area contributed by atoms with Gasteiger partial charge in [-0.1, -0.05) is 109 Å². The maximum absolute atomic E-state index is 5.32. The van der Waals surface area contributed by atoms with Gasteiger partial charge in [0.1, 0.15) is 5.69 Å². The molecule has 0 radical (unpaired) electrons. The Balaban J connectivity index is 1.51. The van der Waals surface area contributed by atoms with Crippen molar-refractivity contribution in [1.82, 2.24) is 15.0 Å². The zero-order valence-corrected chi connectivity index (χ0v) is 23.6. The van der Waals surface area contributed by atoms with Crippen molar-refractivity contribution in [2.75, 3.05) is 0 Å². The molecule has 0 amide bonds. The molecule has 3 nitrogen and oxygen atoms in total. The van der Waals surface area contributed by atoms with Gasteiger partial charge in [-0.05, 0) is 35.9 Å². The summed E-state index contributed by atoms with van der Waals surface area (Å²) in [4.78, 5) is 15.8. The van der Waals surface area contributed by atoms with Crippen LogP contribution in [0.25, 0.3) is 86.3 Å². The molecule has 0 N–H and O–H groups in total. The average Bonchev–Trinajstić information content (AvgIpc) is 3.44. The third-order valence-corrected chi connectivity index (χ3v) is 9.51. The zero-order valence-electron chi connectivity index (χ0n) is 22.8. The van der Waals surface area contributed by atoms with Crippen molar-refractivity contribution < 1.29 is 0 Å². The monoisotopic (exact) mass is 553 g/mol. The van der Waals surface area contributed by atoms with E-state index < -0.39 is 0 Å². The summed E-state index contributed by atoms with van der Waals surface area (Å²) < 4.78 is 2.57. The Morgan fingerprint density at radius 1 is 0.452 bits per heavy atom. The average molecular weight is 554 g/mol. The van der Waals surface area contributed by atoms with Crippen LogP contribution in [-0.2, 0) is 0 Å². The standard InChI is InChI=1S/C38H23N3S/c1-22-18-20-23(21-19-22)35-27-13-5-8-16-30(27)40-38(41-35)36-33-25-11-3-2-10-24(25)32-28-14-6-9-17-31(28)42-37(32)34(33)26-12-4-7-15-29(26)39-36/h2-21H,1H3. The minimum atomic E-state index is 0.644. The van der Waals surface area contributed by atoms with E-state index in [1.54, 1.807) is 0 Å². The normalized spacial score (nSPS) is 11.9. The van der Waals surface area contributed by atoms with Gasteiger partial charge in [-0.2, -0.15) is 0 Å². The quantitative estimate of drug-likeness (QED) is 0.200. The van der Waals surface area contributed by atoms with Crippen LogP contribution in [-0.4, -0.2) is 15.0 Å². The smallest absolute Gasteiger partial charge is 0.180 e. The Kier molecular flexibility index (Phi) is 4.98. The van der Waals surface area contributed by atoms with Gasteiger partial charge in [-0.25, -0.2) is 15.0 Å². The summed E-state index contributed by atoms with van der Waals surface area (Å²) in [6, 6.07) is 42.8. The molecular formula is C38H23N3S. The van der Waals surface area contributed by atoms with E-state index >= 15 is 0 Å². The predicted molar refractivity (Wildman–Crippen MR) is 178 cm³/mol. The second-order valence-corrected chi connectivity index (χ2v) is 11.9. The van der Waals surface area contributed by atoms with Gasteiger partial charge in [0.2, 0.25) is 0 Å². The summed E-state index contributed by atoms with van der Waals surface area (Å²) in [5.41, 5.74) is 5.89. The van der Waals surface area contributed by atoms with E-state index in [9.17, 15) is 0 Å². The van der Waals surface area contributed by atoms with Crippen LogP contribution in [0.5, 0.6) is 0 Å². The molecule has 0 unspecified atom stereocenters. The SMILES string of the molecule is Cc1ccc(-c2nc(-c3nc4ccccc4c4c5sc6ccccc6c5c5ccccc5c34)nc3ccccc23)cc1. The number of thiophene rings is 1. The first-order valence-corrected chi connectivity index (χ1v) is 14.9. The number of para-hydroxylation sites is 2. The molecule has 0 fully saturated rings. The molecule has 0 spiro atoms. The maximum Gasteiger partial charge on any atom is 0.180 e. The molecule has 6 aromatic carbocycles. The van der Waals surface area contributed by atoms with Crippen molar-refractivity contribution in [3.8, 4) is 22.8 Å². The van der Waals surface area contributed by atoms with Gasteiger partial charge in [0.05, 0.1) is 16.7 Å². The number of pyridine rings is 1. The van der Waals surface area contributed by atoms with Gasteiger partial charge in [-0.3, -0.25) is 0 Å². The van der Waals surface area contributed by atoms with Crippen LogP contribution in [0.4, 0.5) is 0 Å². The highest BCUT2D eigenvalue weighted by molar-refractivity contribution is 7.27. The molecular weight excluding hydrogens is 531 g/mol. The topological polar surface area (TPSA) is 38.7 Å². The van der Waals surface area contributed by atoms with Crippen LogP contribution in [0.15, 0.2) is 121 Å². The Labute approximate surface area is 245 Å². The number of benzene rings is 6. The first-order chi connectivity index (χ1) is 20.7. The van der Waals surface area contributed by atoms with Crippen molar-refractivity contribution in [3.05, 3.63) is 127 Å². The Morgan fingerprint density at radius 3 is 1.81 bits per heavy atom.